The maximum absolute atomic E-state index is 13.1. The number of nitrogens with one attached hydrogen (secondary N) is 1. The van der Waals surface area contributed by atoms with Gasteiger partial charge in [0.2, 0.25) is 5.91 Å². The number of carbonyl (C=O) groups excluding carboxylic acids is 2. The molecule has 1 saturated heterocycles. The second kappa shape index (κ2) is 9.17. The zero-order valence-corrected chi connectivity index (χ0v) is 16.0. The molecule has 28 heavy (non-hydrogen) atoms. The quantitative estimate of drug-likeness (QED) is 0.630. The normalized spacial score (nSPS) is 17.5. The molecule has 0 spiro atoms. The molecule has 2 amide bonds. The molecule has 0 saturated carbocycles. The number of benzene rings is 1. The Morgan fingerprint density at radius 3 is 2.86 bits per heavy atom. The van der Waals surface area contributed by atoms with E-state index in [1.165, 1.54) is 4.90 Å². The Morgan fingerprint density at radius 2 is 2.11 bits per heavy atom. The van der Waals surface area contributed by atoms with E-state index in [1.807, 2.05) is 31.2 Å². The van der Waals surface area contributed by atoms with Crippen molar-refractivity contribution in [3.8, 4) is 0 Å². The van der Waals surface area contributed by atoms with Gasteiger partial charge in [0.05, 0.1) is 17.0 Å². The summed E-state index contributed by atoms with van der Waals surface area (Å²) in [7, 11) is -1.57. The van der Waals surface area contributed by atoms with E-state index >= 15 is 0 Å². The highest BCUT2D eigenvalue weighted by molar-refractivity contribution is 6.43. The molecule has 3 rings (SSSR count). The first kappa shape index (κ1) is 20.3. The molecule has 0 aliphatic carbocycles. The lowest BCUT2D eigenvalue weighted by atomic mass is 9.77. The minimum atomic E-state index is -1.57. The number of amides is 2. The van der Waals surface area contributed by atoms with Crippen molar-refractivity contribution in [2.45, 2.75) is 51.0 Å². The van der Waals surface area contributed by atoms with Gasteiger partial charge in [0.25, 0.3) is 5.91 Å². The Kier molecular flexibility index (Phi) is 6.64. The van der Waals surface area contributed by atoms with Crippen LogP contribution in [0.25, 0.3) is 10.9 Å². The third-order valence-electron chi connectivity index (χ3n) is 5.27. The second-order valence-corrected chi connectivity index (χ2v) is 7.20. The maximum Gasteiger partial charge on any atom is 0.475 e. The lowest BCUT2D eigenvalue weighted by molar-refractivity contribution is -0.133. The van der Waals surface area contributed by atoms with E-state index in [1.54, 1.807) is 12.3 Å². The average Bonchev–Trinajstić information content (AvgIpc) is 3.20. The summed E-state index contributed by atoms with van der Waals surface area (Å²) in [6.45, 7) is 2.49. The first-order chi connectivity index (χ1) is 13.5. The van der Waals surface area contributed by atoms with Gasteiger partial charge in [0, 0.05) is 18.1 Å². The van der Waals surface area contributed by atoms with Crippen LogP contribution in [-0.4, -0.2) is 57.4 Å². The molecule has 1 fully saturated rings. The molecule has 8 heteroatoms. The van der Waals surface area contributed by atoms with Crippen molar-refractivity contribution >= 4 is 29.8 Å². The molecular formula is C20H26BN3O4. The summed E-state index contributed by atoms with van der Waals surface area (Å²) in [5, 5.41) is 22.8. The van der Waals surface area contributed by atoms with Crippen LogP contribution in [0.15, 0.2) is 36.5 Å². The van der Waals surface area contributed by atoms with Gasteiger partial charge in [0.15, 0.2) is 0 Å². The number of nitrogens with zero attached hydrogens (tertiary/aromatic N) is 2. The zero-order valence-electron chi connectivity index (χ0n) is 16.0. The molecule has 1 aliphatic rings. The fourth-order valence-corrected chi connectivity index (χ4v) is 3.77. The van der Waals surface area contributed by atoms with Gasteiger partial charge < -0.3 is 20.3 Å². The van der Waals surface area contributed by atoms with Crippen molar-refractivity contribution in [2.24, 2.45) is 0 Å². The van der Waals surface area contributed by atoms with Crippen LogP contribution in [0.3, 0.4) is 0 Å². The van der Waals surface area contributed by atoms with E-state index in [0.717, 1.165) is 30.2 Å². The van der Waals surface area contributed by atoms with Crippen LogP contribution in [0.4, 0.5) is 0 Å². The molecule has 2 atom stereocenters. The largest absolute Gasteiger partial charge is 0.475 e. The molecule has 1 aromatic carbocycles. The number of unbranched alkanes of at least 4 members (excludes halogenated alkanes) is 1. The topological polar surface area (TPSA) is 103 Å². The van der Waals surface area contributed by atoms with Crippen LogP contribution in [0.1, 0.15) is 49.4 Å². The van der Waals surface area contributed by atoms with Gasteiger partial charge in [0.1, 0.15) is 6.04 Å². The summed E-state index contributed by atoms with van der Waals surface area (Å²) in [5.74, 6) is -1.20. The Labute approximate surface area is 164 Å². The first-order valence-corrected chi connectivity index (χ1v) is 9.84. The average molecular weight is 383 g/mol. The highest BCUT2D eigenvalue weighted by Crippen LogP contribution is 2.21. The van der Waals surface area contributed by atoms with Crippen molar-refractivity contribution < 1.29 is 19.6 Å². The number of pyridine rings is 1. The smallest absolute Gasteiger partial charge is 0.426 e. The number of fused-ring (bicyclic) bond motifs is 1. The number of aromatic nitrogens is 1. The van der Waals surface area contributed by atoms with Crippen molar-refractivity contribution in [1.82, 2.24) is 15.2 Å². The Morgan fingerprint density at radius 1 is 1.32 bits per heavy atom. The summed E-state index contributed by atoms with van der Waals surface area (Å²) >= 11 is 0. The van der Waals surface area contributed by atoms with Crippen LogP contribution in [0.5, 0.6) is 0 Å². The maximum atomic E-state index is 13.1. The van der Waals surface area contributed by atoms with Crippen molar-refractivity contribution in [3.05, 3.63) is 42.1 Å². The van der Waals surface area contributed by atoms with Gasteiger partial charge in [-0.2, -0.15) is 0 Å². The van der Waals surface area contributed by atoms with Gasteiger partial charge in [-0.1, -0.05) is 38.0 Å². The Balaban J connectivity index is 1.82. The molecule has 0 bridgehead atoms. The molecule has 3 N–H and O–H groups in total. The van der Waals surface area contributed by atoms with Gasteiger partial charge in [-0.05, 0) is 31.4 Å². The molecule has 2 aromatic rings. The zero-order chi connectivity index (χ0) is 20.1. The summed E-state index contributed by atoms with van der Waals surface area (Å²) < 4.78 is 0. The van der Waals surface area contributed by atoms with Crippen molar-refractivity contribution in [3.63, 3.8) is 0 Å². The lowest BCUT2D eigenvalue weighted by Gasteiger charge is -2.29. The highest BCUT2D eigenvalue weighted by atomic mass is 16.4. The van der Waals surface area contributed by atoms with Crippen LogP contribution >= 0.6 is 0 Å². The van der Waals surface area contributed by atoms with Gasteiger partial charge in [-0.3, -0.25) is 14.6 Å². The molecule has 1 aromatic heterocycles. The van der Waals surface area contributed by atoms with Crippen LogP contribution in [0, 0.1) is 0 Å². The predicted molar refractivity (Wildman–Crippen MR) is 107 cm³/mol. The number of carbonyl (C=O) groups is 2. The predicted octanol–water partition coefficient (Wildman–Crippen LogP) is 1.53. The molecule has 0 unspecified atom stereocenters. The van der Waals surface area contributed by atoms with E-state index in [2.05, 4.69) is 10.3 Å². The second-order valence-electron chi connectivity index (χ2n) is 7.20. The standard InChI is InChI=1S/C20H26BN3O4/c1-2-3-8-17(20(26)24-13-6-10-18(24)21(27)28)23-19(25)15-11-12-22-16-9-5-4-7-14(15)16/h4-5,7,9,11-12,17-18,27-28H,2-3,6,8,10,13H2,1H3,(H,23,25)/t17-,18+/m1/s1. The first-order valence-electron chi connectivity index (χ1n) is 9.84. The van der Waals surface area contributed by atoms with Crippen molar-refractivity contribution in [2.75, 3.05) is 6.54 Å². The van der Waals surface area contributed by atoms with Gasteiger partial charge >= 0.3 is 7.12 Å². The van der Waals surface area contributed by atoms with E-state index in [4.69, 9.17) is 0 Å². The van der Waals surface area contributed by atoms with E-state index in [-0.39, 0.29) is 11.8 Å². The number of hydrogen-bond donors (Lipinski definition) is 3. The summed E-state index contributed by atoms with van der Waals surface area (Å²) in [5.41, 5.74) is 1.19. The highest BCUT2D eigenvalue weighted by Gasteiger charge is 2.39. The SMILES string of the molecule is CCCC[C@@H](NC(=O)c1ccnc2ccccc12)C(=O)N1CCC[C@H]1B(O)O. The Bertz CT molecular complexity index is 840. The molecule has 2 heterocycles. The molecule has 148 valence electrons. The van der Waals surface area contributed by atoms with Gasteiger partial charge in [-0.25, -0.2) is 0 Å². The van der Waals surface area contributed by atoms with E-state index < -0.39 is 19.1 Å². The monoisotopic (exact) mass is 383 g/mol. The fraction of sp³-hybridized carbons (Fsp3) is 0.450. The summed E-state index contributed by atoms with van der Waals surface area (Å²) in [6, 6.07) is 8.33. The van der Waals surface area contributed by atoms with Crippen LogP contribution in [-0.2, 0) is 4.79 Å². The third-order valence-corrected chi connectivity index (χ3v) is 5.27. The lowest BCUT2D eigenvalue weighted by Crippen LogP contribution is -2.53. The molecular weight excluding hydrogens is 357 g/mol. The number of likely N-dealkylation sites (tertiary alicyclic amines) is 1. The van der Waals surface area contributed by atoms with Crippen LogP contribution < -0.4 is 5.32 Å². The van der Waals surface area contributed by atoms with E-state index in [0.29, 0.717) is 24.9 Å². The molecule has 7 nitrogen and oxygen atoms in total. The molecule has 1 aliphatic heterocycles. The number of rotatable bonds is 7. The summed E-state index contributed by atoms with van der Waals surface area (Å²) in [6.07, 6.45) is 5.04. The number of hydrogen-bond acceptors (Lipinski definition) is 5. The molecule has 0 radical (unpaired) electrons. The minimum Gasteiger partial charge on any atom is -0.426 e. The number of para-hydroxylation sites is 1. The van der Waals surface area contributed by atoms with Crippen molar-refractivity contribution in [1.29, 1.82) is 0 Å². The fourth-order valence-electron chi connectivity index (χ4n) is 3.77. The van der Waals surface area contributed by atoms with Crippen LogP contribution in [0.2, 0.25) is 0 Å². The Hall–Kier alpha value is -2.45. The van der Waals surface area contributed by atoms with E-state index in [9.17, 15) is 19.6 Å². The summed E-state index contributed by atoms with van der Waals surface area (Å²) in [4.78, 5) is 31.8. The van der Waals surface area contributed by atoms with Gasteiger partial charge in [-0.15, -0.1) is 0 Å². The minimum absolute atomic E-state index is 0.254. The third kappa shape index (κ3) is 4.34.